The van der Waals surface area contributed by atoms with Crippen molar-refractivity contribution in [1.29, 1.82) is 0 Å². The van der Waals surface area contributed by atoms with E-state index >= 15 is 0 Å². The van der Waals surface area contributed by atoms with Crippen LogP contribution in [0.15, 0.2) is 79.0 Å². The summed E-state index contributed by atoms with van der Waals surface area (Å²) in [5.41, 5.74) is 2.40. The fourth-order valence-corrected chi connectivity index (χ4v) is 2.81. The van der Waals surface area contributed by atoms with Gasteiger partial charge in [-0.05, 0) is 31.5 Å². The summed E-state index contributed by atoms with van der Waals surface area (Å²) in [6, 6.07) is 19.7. The number of methoxy groups -OCH3 is 1. The summed E-state index contributed by atoms with van der Waals surface area (Å²) in [6.45, 7) is 4.79. The van der Waals surface area contributed by atoms with E-state index < -0.39 is 6.16 Å². The number of aryl methyl sites for hydroxylation is 1. The standard InChI is InChI=1S/C23H24N4O.C2H4O3/c1-3-4-15-27(17-19-11-7-5-8-12-19)23(28)21-16-24-18(2)25-22(21)26-20-13-9-6-10-14-20;1-5-2(3)4/h3-14,16H,15,17H2,1-2H3,(H,24,25,26);1H3,(H,3,4)/b4-3+;. The highest BCUT2D eigenvalue weighted by Gasteiger charge is 2.20. The Morgan fingerprint density at radius 3 is 2.27 bits per heavy atom. The van der Waals surface area contributed by atoms with E-state index in [-0.39, 0.29) is 5.91 Å². The number of amides is 1. The van der Waals surface area contributed by atoms with Gasteiger partial charge >= 0.3 is 6.16 Å². The molecule has 0 unspecified atom stereocenters. The molecule has 1 aromatic heterocycles. The molecular weight excluding hydrogens is 420 g/mol. The Morgan fingerprint density at radius 1 is 1.09 bits per heavy atom. The van der Waals surface area contributed by atoms with Crippen LogP contribution < -0.4 is 5.32 Å². The summed E-state index contributed by atoms with van der Waals surface area (Å²) in [5.74, 6) is 1.01. The topological polar surface area (TPSA) is 105 Å². The van der Waals surface area contributed by atoms with Crippen molar-refractivity contribution in [3.8, 4) is 0 Å². The lowest BCUT2D eigenvalue weighted by Gasteiger charge is -2.22. The van der Waals surface area contributed by atoms with Gasteiger partial charge in [-0.15, -0.1) is 0 Å². The van der Waals surface area contributed by atoms with Crippen LogP contribution in [0.25, 0.3) is 0 Å². The molecule has 0 bridgehead atoms. The van der Waals surface area contributed by atoms with Crippen LogP contribution in [-0.2, 0) is 11.3 Å². The molecule has 0 saturated heterocycles. The number of hydrogen-bond acceptors (Lipinski definition) is 6. The molecule has 0 fully saturated rings. The van der Waals surface area contributed by atoms with Crippen LogP contribution in [0.4, 0.5) is 16.3 Å². The maximum absolute atomic E-state index is 13.3. The maximum atomic E-state index is 13.3. The molecule has 0 spiro atoms. The van der Waals surface area contributed by atoms with Crippen molar-refractivity contribution in [3.05, 3.63) is 96.0 Å². The molecule has 172 valence electrons. The smallest absolute Gasteiger partial charge is 0.450 e. The van der Waals surface area contributed by atoms with Crippen LogP contribution in [0.1, 0.15) is 28.7 Å². The highest BCUT2D eigenvalue weighted by atomic mass is 16.6. The molecule has 0 aliphatic carbocycles. The van der Waals surface area contributed by atoms with E-state index in [1.54, 1.807) is 11.1 Å². The van der Waals surface area contributed by atoms with Gasteiger partial charge in [0.1, 0.15) is 17.2 Å². The average Bonchev–Trinajstić information content (AvgIpc) is 2.83. The molecular formula is C25H28N4O4. The number of nitrogens with zero attached hydrogens (tertiary/aromatic N) is 3. The lowest BCUT2D eigenvalue weighted by atomic mass is 10.2. The quantitative estimate of drug-likeness (QED) is 0.385. The number of ether oxygens (including phenoxy) is 1. The van der Waals surface area contributed by atoms with Crippen molar-refractivity contribution in [2.24, 2.45) is 0 Å². The minimum absolute atomic E-state index is 0.111. The highest BCUT2D eigenvalue weighted by molar-refractivity contribution is 5.99. The van der Waals surface area contributed by atoms with E-state index in [0.29, 0.717) is 30.3 Å². The van der Waals surface area contributed by atoms with Crippen LogP contribution in [0.2, 0.25) is 0 Å². The number of anilines is 2. The third-order valence-electron chi connectivity index (χ3n) is 4.42. The predicted molar refractivity (Wildman–Crippen MR) is 128 cm³/mol. The lowest BCUT2D eigenvalue weighted by Crippen LogP contribution is -2.31. The third kappa shape index (κ3) is 8.45. The van der Waals surface area contributed by atoms with Gasteiger partial charge < -0.3 is 20.1 Å². The number of allylic oxidation sites excluding steroid dienone is 1. The average molecular weight is 449 g/mol. The van der Waals surface area contributed by atoms with Gasteiger partial charge in [0.25, 0.3) is 5.91 Å². The Bertz CT molecular complexity index is 1060. The first-order valence-corrected chi connectivity index (χ1v) is 10.3. The Balaban J connectivity index is 0.000000696. The predicted octanol–water partition coefficient (Wildman–Crippen LogP) is 5.06. The molecule has 3 aromatic rings. The minimum atomic E-state index is -1.25. The molecule has 1 heterocycles. The molecule has 8 nitrogen and oxygen atoms in total. The maximum Gasteiger partial charge on any atom is 0.505 e. The van der Waals surface area contributed by atoms with Crippen LogP contribution in [0.5, 0.6) is 0 Å². The van der Waals surface area contributed by atoms with Crippen LogP contribution >= 0.6 is 0 Å². The summed E-state index contributed by atoms with van der Waals surface area (Å²) in [6.07, 6.45) is 4.27. The number of carbonyl (C=O) groups excluding carboxylic acids is 1. The third-order valence-corrected chi connectivity index (χ3v) is 4.42. The number of benzene rings is 2. The first-order valence-electron chi connectivity index (χ1n) is 10.3. The van der Waals surface area contributed by atoms with Crippen molar-refractivity contribution in [1.82, 2.24) is 14.9 Å². The molecule has 3 rings (SSSR count). The van der Waals surface area contributed by atoms with E-state index in [9.17, 15) is 4.79 Å². The zero-order chi connectivity index (χ0) is 24.1. The molecule has 0 aliphatic heterocycles. The van der Waals surface area contributed by atoms with Crippen molar-refractivity contribution < 1.29 is 19.4 Å². The second-order valence-electron chi connectivity index (χ2n) is 6.88. The van der Waals surface area contributed by atoms with Gasteiger partial charge in [0.2, 0.25) is 0 Å². The monoisotopic (exact) mass is 448 g/mol. The zero-order valence-electron chi connectivity index (χ0n) is 18.9. The molecule has 33 heavy (non-hydrogen) atoms. The Kier molecular flexibility index (Phi) is 10.1. The molecule has 0 radical (unpaired) electrons. The van der Waals surface area contributed by atoms with Crippen molar-refractivity contribution in [3.63, 3.8) is 0 Å². The number of carbonyl (C=O) groups is 2. The Labute approximate surface area is 193 Å². The number of hydrogen-bond donors (Lipinski definition) is 2. The van der Waals surface area contributed by atoms with Gasteiger partial charge in [-0.2, -0.15) is 0 Å². The van der Waals surface area contributed by atoms with Crippen LogP contribution in [-0.4, -0.2) is 45.7 Å². The van der Waals surface area contributed by atoms with Gasteiger partial charge in [-0.3, -0.25) is 4.79 Å². The summed E-state index contributed by atoms with van der Waals surface area (Å²) in [5, 5.41) is 10.8. The van der Waals surface area contributed by atoms with Crippen molar-refractivity contribution >= 4 is 23.6 Å². The number of carboxylic acid groups (broad SMARTS) is 1. The van der Waals surface area contributed by atoms with Crippen LogP contribution in [0.3, 0.4) is 0 Å². The number of aromatic nitrogens is 2. The van der Waals surface area contributed by atoms with E-state index in [0.717, 1.165) is 18.4 Å². The van der Waals surface area contributed by atoms with Gasteiger partial charge in [-0.1, -0.05) is 60.7 Å². The minimum Gasteiger partial charge on any atom is -0.450 e. The molecule has 1 amide bonds. The van der Waals surface area contributed by atoms with E-state index in [2.05, 4.69) is 20.0 Å². The first-order chi connectivity index (χ1) is 15.9. The molecule has 2 N–H and O–H groups in total. The second kappa shape index (κ2) is 13.3. The van der Waals surface area contributed by atoms with E-state index in [4.69, 9.17) is 9.90 Å². The highest BCUT2D eigenvalue weighted by Crippen LogP contribution is 2.21. The van der Waals surface area contributed by atoms with Gasteiger partial charge in [0.05, 0.1) is 7.11 Å². The van der Waals surface area contributed by atoms with Crippen molar-refractivity contribution in [2.75, 3.05) is 19.0 Å². The van der Waals surface area contributed by atoms with Gasteiger partial charge in [0, 0.05) is 25.0 Å². The molecule has 0 saturated carbocycles. The molecule has 0 atom stereocenters. The fraction of sp³-hybridized carbons (Fsp3) is 0.200. The molecule has 2 aromatic carbocycles. The fourth-order valence-electron chi connectivity index (χ4n) is 2.81. The normalized spacial score (nSPS) is 10.2. The van der Waals surface area contributed by atoms with Gasteiger partial charge in [-0.25, -0.2) is 14.8 Å². The molecule has 8 heteroatoms. The second-order valence-corrected chi connectivity index (χ2v) is 6.88. The summed E-state index contributed by atoms with van der Waals surface area (Å²) in [4.78, 5) is 33.0. The van der Waals surface area contributed by atoms with E-state index in [1.807, 2.05) is 86.7 Å². The van der Waals surface area contributed by atoms with E-state index in [1.165, 1.54) is 0 Å². The zero-order valence-corrected chi connectivity index (χ0v) is 18.9. The van der Waals surface area contributed by atoms with Crippen molar-refractivity contribution in [2.45, 2.75) is 20.4 Å². The summed E-state index contributed by atoms with van der Waals surface area (Å²) in [7, 11) is 1.10. The first kappa shape index (κ1) is 25.1. The van der Waals surface area contributed by atoms with Crippen LogP contribution in [0, 0.1) is 6.92 Å². The number of rotatable bonds is 7. The largest absolute Gasteiger partial charge is 0.505 e. The lowest BCUT2D eigenvalue weighted by molar-refractivity contribution is 0.0762. The SMILES string of the molecule is C/C=C/CN(Cc1ccccc1)C(=O)c1cnc(C)nc1Nc1ccccc1.COC(=O)O. The summed E-state index contributed by atoms with van der Waals surface area (Å²) < 4.78 is 3.67. The molecule has 0 aliphatic rings. The Hall–Kier alpha value is -4.20. The Morgan fingerprint density at radius 2 is 1.70 bits per heavy atom. The number of para-hydroxylation sites is 1. The number of nitrogens with one attached hydrogen (secondary N) is 1. The summed E-state index contributed by atoms with van der Waals surface area (Å²) >= 11 is 0. The van der Waals surface area contributed by atoms with Gasteiger partial charge in [0.15, 0.2) is 0 Å².